The Morgan fingerprint density at radius 3 is 2.00 bits per heavy atom. The van der Waals surface area contributed by atoms with Crippen LogP contribution in [0.15, 0.2) is 25.0 Å². The van der Waals surface area contributed by atoms with E-state index in [0.717, 1.165) is 12.4 Å². The van der Waals surface area contributed by atoms with Crippen molar-refractivity contribution in [3.8, 4) is 0 Å². The summed E-state index contributed by atoms with van der Waals surface area (Å²) in [5, 5.41) is -0.164. The van der Waals surface area contributed by atoms with E-state index < -0.39 is 46.4 Å². The Morgan fingerprint density at radius 1 is 1.06 bits per heavy atom. The number of hydrogen-bond donors (Lipinski definition) is 0. The second kappa shape index (κ2) is 8.98. The molecular formula is C23H40F2N2O3Si2. The van der Waals surface area contributed by atoms with Gasteiger partial charge in [-0.25, -0.2) is 18.7 Å². The summed E-state index contributed by atoms with van der Waals surface area (Å²) in [6.07, 6.45) is 0.0181. The van der Waals surface area contributed by atoms with Gasteiger partial charge in [0.1, 0.15) is 11.7 Å². The molecule has 1 aromatic rings. The molecule has 1 aromatic heterocycles. The first-order valence-electron chi connectivity index (χ1n) is 11.1. The largest absolute Gasteiger partial charge is 0.413 e. The minimum Gasteiger partial charge on any atom is -0.413 e. The first-order chi connectivity index (χ1) is 14.4. The highest BCUT2D eigenvalue weighted by Crippen LogP contribution is 2.48. The molecule has 0 aliphatic carbocycles. The number of nitrogens with zero attached hydrogens (tertiary/aromatic N) is 2. The van der Waals surface area contributed by atoms with Gasteiger partial charge in [0.05, 0.1) is 19.0 Å². The molecule has 32 heavy (non-hydrogen) atoms. The quantitative estimate of drug-likeness (QED) is 0.331. The van der Waals surface area contributed by atoms with Crippen molar-refractivity contribution in [2.75, 3.05) is 6.61 Å². The van der Waals surface area contributed by atoms with Gasteiger partial charge >= 0.3 is 0 Å². The van der Waals surface area contributed by atoms with Gasteiger partial charge in [0.25, 0.3) is 0 Å². The van der Waals surface area contributed by atoms with Crippen LogP contribution in [0.5, 0.6) is 0 Å². The Labute approximate surface area is 194 Å². The number of ether oxygens (including phenoxy) is 1. The molecule has 0 saturated carbocycles. The summed E-state index contributed by atoms with van der Waals surface area (Å²) in [7, 11) is -4.55. The minimum absolute atomic E-state index is 0.0294. The zero-order valence-electron chi connectivity index (χ0n) is 21.3. The highest BCUT2D eigenvalue weighted by Gasteiger charge is 2.59. The molecule has 1 saturated heterocycles. The summed E-state index contributed by atoms with van der Waals surface area (Å²) >= 11 is 0. The number of aromatic nitrogens is 2. The molecule has 1 aliphatic rings. The molecule has 2 rings (SSSR count). The Balaban J connectivity index is 2.47. The molecule has 5 nitrogen and oxygen atoms in total. The van der Waals surface area contributed by atoms with Crippen LogP contribution in [-0.2, 0) is 13.6 Å². The summed E-state index contributed by atoms with van der Waals surface area (Å²) in [6, 6.07) is 0. The molecule has 1 aliphatic heterocycles. The Hall–Kier alpha value is -1.01. The Morgan fingerprint density at radius 2 is 1.56 bits per heavy atom. The molecule has 9 heteroatoms. The van der Waals surface area contributed by atoms with Gasteiger partial charge in [0.2, 0.25) is 0 Å². The van der Waals surface area contributed by atoms with Crippen molar-refractivity contribution < 1.29 is 22.4 Å². The number of rotatable bonds is 7. The van der Waals surface area contributed by atoms with E-state index in [9.17, 15) is 4.39 Å². The second-order valence-corrected chi connectivity index (χ2v) is 21.3. The smallest absolute Gasteiger partial charge is 0.192 e. The van der Waals surface area contributed by atoms with E-state index in [0.29, 0.717) is 0 Å². The molecule has 0 N–H and O–H groups in total. The molecule has 1 fully saturated rings. The van der Waals surface area contributed by atoms with Crippen molar-refractivity contribution in [2.24, 2.45) is 0 Å². The van der Waals surface area contributed by atoms with E-state index in [2.05, 4.69) is 84.3 Å². The van der Waals surface area contributed by atoms with Gasteiger partial charge in [-0.3, -0.25) is 0 Å². The summed E-state index contributed by atoms with van der Waals surface area (Å²) in [6.45, 7) is 25.2. The second-order valence-electron chi connectivity index (χ2n) is 11.7. The lowest BCUT2D eigenvalue weighted by molar-refractivity contribution is -0.0742. The molecule has 0 amide bonds. The van der Waals surface area contributed by atoms with Gasteiger partial charge in [0, 0.05) is 0 Å². The lowest BCUT2D eigenvalue weighted by atomic mass is 9.96. The number of hydrogen-bond acceptors (Lipinski definition) is 5. The zero-order valence-corrected chi connectivity index (χ0v) is 23.3. The molecule has 2 heterocycles. The minimum atomic E-state index is -2.38. The molecule has 0 unspecified atom stereocenters. The van der Waals surface area contributed by atoms with Gasteiger partial charge in [-0.05, 0) is 36.3 Å². The van der Waals surface area contributed by atoms with Crippen LogP contribution in [0.2, 0.25) is 36.3 Å². The normalized spacial score (nSPS) is 27.6. The van der Waals surface area contributed by atoms with Crippen LogP contribution in [-0.4, -0.2) is 51.1 Å². The van der Waals surface area contributed by atoms with E-state index in [1.165, 1.54) is 0 Å². The fourth-order valence-electron chi connectivity index (χ4n) is 2.97. The first kappa shape index (κ1) is 27.2. The van der Waals surface area contributed by atoms with E-state index in [1.54, 1.807) is 6.08 Å². The average molecular weight is 487 g/mol. The van der Waals surface area contributed by atoms with Crippen LogP contribution in [0.25, 0.3) is 0 Å². The zero-order chi connectivity index (χ0) is 24.8. The van der Waals surface area contributed by atoms with E-state index >= 15 is 4.39 Å². The van der Waals surface area contributed by atoms with Crippen molar-refractivity contribution in [2.45, 2.75) is 102 Å². The molecular weight excluding hydrogens is 446 g/mol. The van der Waals surface area contributed by atoms with Crippen molar-refractivity contribution in [3.05, 3.63) is 36.7 Å². The van der Waals surface area contributed by atoms with Crippen LogP contribution in [0, 0.1) is 5.82 Å². The SMILES string of the molecule is C=C[C@]1(CO[Si](C)(C)C(C)(C)C)O[C@H](c2ncc(F)cn2)[C@H](F)[C@@H]1O[Si](C)(C)C(C)(C)C. The third-order valence-corrected chi connectivity index (χ3v) is 16.3. The maximum atomic E-state index is 16.0. The third-order valence-electron chi connectivity index (χ3n) is 7.34. The van der Waals surface area contributed by atoms with Gasteiger partial charge in [-0.2, -0.15) is 0 Å². The number of halogens is 2. The van der Waals surface area contributed by atoms with Crippen molar-refractivity contribution in [1.82, 2.24) is 9.97 Å². The molecule has 4 atom stereocenters. The lowest BCUT2D eigenvalue weighted by Crippen LogP contribution is -2.55. The highest BCUT2D eigenvalue weighted by molar-refractivity contribution is 6.74. The predicted molar refractivity (Wildman–Crippen MR) is 129 cm³/mol. The first-order valence-corrected chi connectivity index (χ1v) is 16.9. The molecule has 0 aromatic carbocycles. The summed E-state index contributed by atoms with van der Waals surface area (Å²) in [5.74, 6) is -0.508. The standard InChI is InChI=1S/C23H40F2N2O3Si2/c1-12-23(15-28-31(8,9)21(2,3)4)19(30-32(10,11)22(5,6)7)17(25)18(29-23)20-26-13-16(24)14-27-20/h12-14,17-19H,1,15H2,2-11H3/t17-,18-,19-,23+/m0/s1. The maximum absolute atomic E-state index is 16.0. The van der Waals surface area contributed by atoms with Crippen LogP contribution >= 0.6 is 0 Å². The third kappa shape index (κ3) is 5.38. The van der Waals surface area contributed by atoms with Gasteiger partial charge in [0.15, 0.2) is 40.6 Å². The van der Waals surface area contributed by atoms with Crippen LogP contribution in [0.4, 0.5) is 8.78 Å². The van der Waals surface area contributed by atoms with E-state index in [4.69, 9.17) is 13.6 Å². The monoisotopic (exact) mass is 486 g/mol. The van der Waals surface area contributed by atoms with Gasteiger partial charge in [-0.15, -0.1) is 6.58 Å². The Bertz CT molecular complexity index is 807. The van der Waals surface area contributed by atoms with E-state index in [-0.39, 0.29) is 22.5 Å². The van der Waals surface area contributed by atoms with Crippen LogP contribution in [0.1, 0.15) is 53.5 Å². The van der Waals surface area contributed by atoms with Crippen molar-refractivity contribution in [1.29, 1.82) is 0 Å². The predicted octanol–water partition coefficient (Wildman–Crippen LogP) is 6.36. The van der Waals surface area contributed by atoms with E-state index in [1.807, 2.05) is 0 Å². The number of alkyl halides is 1. The van der Waals surface area contributed by atoms with Gasteiger partial charge < -0.3 is 13.6 Å². The van der Waals surface area contributed by atoms with Crippen molar-refractivity contribution >= 4 is 16.6 Å². The molecule has 0 radical (unpaired) electrons. The fraction of sp³-hybridized carbons (Fsp3) is 0.739. The summed E-state index contributed by atoms with van der Waals surface area (Å²) < 4.78 is 48.7. The van der Waals surface area contributed by atoms with Crippen LogP contribution < -0.4 is 0 Å². The van der Waals surface area contributed by atoms with Crippen molar-refractivity contribution in [3.63, 3.8) is 0 Å². The molecule has 182 valence electrons. The topological polar surface area (TPSA) is 53.5 Å². The molecule has 0 bridgehead atoms. The summed E-state index contributed by atoms with van der Waals surface area (Å²) in [5.41, 5.74) is -1.22. The summed E-state index contributed by atoms with van der Waals surface area (Å²) in [4.78, 5) is 7.95. The highest BCUT2D eigenvalue weighted by atomic mass is 28.4. The molecule has 0 spiro atoms. The lowest BCUT2D eigenvalue weighted by Gasteiger charge is -2.44. The average Bonchev–Trinajstić information content (AvgIpc) is 2.92. The van der Waals surface area contributed by atoms with Crippen LogP contribution in [0.3, 0.4) is 0 Å². The fourth-order valence-corrected chi connectivity index (χ4v) is 5.31. The van der Waals surface area contributed by atoms with Gasteiger partial charge in [-0.1, -0.05) is 47.6 Å². The Kier molecular flexibility index (Phi) is 7.64. The maximum Gasteiger partial charge on any atom is 0.192 e.